The third-order valence-electron chi connectivity index (χ3n) is 5.52. The summed E-state index contributed by atoms with van der Waals surface area (Å²) in [6.07, 6.45) is 5.05. The van der Waals surface area contributed by atoms with Crippen LogP contribution in [0.15, 0.2) is 36.7 Å². The SMILES string of the molecule is C[C@H]1CCc2sc3nc(N(CCO)Cc4ccccc4)n4ncnc4c3c2C1. The minimum absolute atomic E-state index is 0.0567. The summed E-state index contributed by atoms with van der Waals surface area (Å²) in [5, 5.41) is 15.3. The zero-order valence-electron chi connectivity index (χ0n) is 15.9. The Hall–Kier alpha value is -2.51. The molecule has 0 saturated carbocycles. The molecule has 0 fully saturated rings. The lowest BCUT2D eigenvalue weighted by Crippen LogP contribution is -2.29. The number of benzene rings is 1. The maximum atomic E-state index is 9.66. The third kappa shape index (κ3) is 2.95. The fourth-order valence-electron chi connectivity index (χ4n) is 4.13. The van der Waals surface area contributed by atoms with Gasteiger partial charge in [-0.05, 0) is 36.3 Å². The van der Waals surface area contributed by atoms with Gasteiger partial charge >= 0.3 is 0 Å². The summed E-state index contributed by atoms with van der Waals surface area (Å²) < 4.78 is 1.84. The minimum atomic E-state index is 0.0567. The first-order valence-electron chi connectivity index (χ1n) is 9.78. The van der Waals surface area contributed by atoms with E-state index in [2.05, 4.69) is 34.0 Å². The van der Waals surface area contributed by atoms with Crippen LogP contribution in [0.3, 0.4) is 0 Å². The van der Waals surface area contributed by atoms with E-state index < -0.39 is 0 Å². The average Bonchev–Trinajstić information content (AvgIpc) is 3.31. The van der Waals surface area contributed by atoms with E-state index in [1.807, 2.05) is 22.7 Å². The third-order valence-corrected chi connectivity index (χ3v) is 6.71. The Morgan fingerprint density at radius 3 is 2.96 bits per heavy atom. The molecule has 1 aliphatic carbocycles. The van der Waals surface area contributed by atoms with E-state index in [-0.39, 0.29) is 6.61 Å². The van der Waals surface area contributed by atoms with Crippen molar-refractivity contribution in [3.05, 3.63) is 52.7 Å². The molecule has 1 N–H and O–H groups in total. The van der Waals surface area contributed by atoms with Crippen molar-refractivity contribution >= 4 is 33.1 Å². The molecular formula is C21H23N5OS. The maximum absolute atomic E-state index is 9.66. The number of hydrogen-bond acceptors (Lipinski definition) is 6. The predicted octanol–water partition coefficient (Wildman–Crippen LogP) is 3.46. The highest BCUT2D eigenvalue weighted by molar-refractivity contribution is 7.19. The second-order valence-corrected chi connectivity index (χ2v) is 8.65. The molecule has 0 radical (unpaired) electrons. The Balaban J connectivity index is 1.66. The predicted molar refractivity (Wildman–Crippen MR) is 112 cm³/mol. The summed E-state index contributed by atoms with van der Waals surface area (Å²) in [7, 11) is 0. The van der Waals surface area contributed by atoms with Gasteiger partial charge in [-0.1, -0.05) is 37.3 Å². The lowest BCUT2D eigenvalue weighted by atomic mass is 9.89. The minimum Gasteiger partial charge on any atom is -0.395 e. The molecule has 3 heterocycles. The van der Waals surface area contributed by atoms with E-state index in [1.165, 1.54) is 22.4 Å². The molecule has 0 bridgehead atoms. The van der Waals surface area contributed by atoms with Crippen molar-refractivity contribution in [2.45, 2.75) is 32.7 Å². The highest BCUT2D eigenvalue weighted by Gasteiger charge is 2.25. The number of rotatable bonds is 5. The summed E-state index contributed by atoms with van der Waals surface area (Å²) in [6.45, 7) is 3.53. The van der Waals surface area contributed by atoms with Gasteiger partial charge in [0, 0.05) is 18.0 Å². The van der Waals surface area contributed by atoms with Crippen molar-refractivity contribution < 1.29 is 5.11 Å². The summed E-state index contributed by atoms with van der Waals surface area (Å²) in [4.78, 5) is 14.2. The number of anilines is 1. The highest BCUT2D eigenvalue weighted by atomic mass is 32.1. The van der Waals surface area contributed by atoms with E-state index >= 15 is 0 Å². The van der Waals surface area contributed by atoms with Gasteiger partial charge in [-0.15, -0.1) is 11.3 Å². The molecule has 4 aromatic rings. The van der Waals surface area contributed by atoms with E-state index in [0.717, 1.165) is 34.7 Å². The fourth-order valence-corrected chi connectivity index (χ4v) is 5.33. The quantitative estimate of drug-likeness (QED) is 0.562. The van der Waals surface area contributed by atoms with Crippen LogP contribution in [-0.2, 0) is 19.4 Å². The molecule has 28 heavy (non-hydrogen) atoms. The van der Waals surface area contributed by atoms with E-state index in [9.17, 15) is 5.11 Å². The largest absolute Gasteiger partial charge is 0.395 e. The molecule has 0 saturated heterocycles. The Morgan fingerprint density at radius 2 is 2.14 bits per heavy atom. The number of aromatic nitrogens is 4. The lowest BCUT2D eigenvalue weighted by Gasteiger charge is -2.23. The number of hydrogen-bond donors (Lipinski definition) is 1. The van der Waals surface area contributed by atoms with Crippen molar-refractivity contribution in [2.75, 3.05) is 18.1 Å². The van der Waals surface area contributed by atoms with Crippen LogP contribution >= 0.6 is 11.3 Å². The van der Waals surface area contributed by atoms with E-state index in [1.54, 1.807) is 17.7 Å². The maximum Gasteiger partial charge on any atom is 0.230 e. The second kappa shape index (κ2) is 7.14. The van der Waals surface area contributed by atoms with Crippen molar-refractivity contribution in [1.29, 1.82) is 0 Å². The van der Waals surface area contributed by atoms with Crippen LogP contribution in [0.2, 0.25) is 0 Å². The van der Waals surface area contributed by atoms with E-state index in [0.29, 0.717) is 19.0 Å². The highest BCUT2D eigenvalue weighted by Crippen LogP contribution is 2.39. The first kappa shape index (κ1) is 17.6. The van der Waals surface area contributed by atoms with Gasteiger partial charge < -0.3 is 10.0 Å². The molecule has 1 aromatic carbocycles. The Labute approximate surface area is 167 Å². The van der Waals surface area contributed by atoms with Crippen LogP contribution in [-0.4, -0.2) is 37.8 Å². The molecule has 0 amide bonds. The standard InChI is InChI=1S/C21H23N5OS/c1-14-7-8-17-16(11-14)18-19-22-13-23-26(19)21(24-20(18)28-17)25(9-10-27)12-15-5-3-2-4-6-15/h2-6,13-14,27H,7-12H2,1H3/t14-/m0/s1. The molecule has 3 aromatic heterocycles. The van der Waals surface area contributed by atoms with Crippen molar-refractivity contribution in [3.63, 3.8) is 0 Å². The van der Waals surface area contributed by atoms with Crippen molar-refractivity contribution in [1.82, 2.24) is 19.6 Å². The number of aryl methyl sites for hydroxylation is 1. The van der Waals surface area contributed by atoms with Crippen LogP contribution in [0.5, 0.6) is 0 Å². The Morgan fingerprint density at radius 1 is 1.29 bits per heavy atom. The fraction of sp³-hybridized carbons (Fsp3) is 0.381. The average molecular weight is 394 g/mol. The number of thiophene rings is 1. The Kier molecular flexibility index (Phi) is 4.49. The van der Waals surface area contributed by atoms with Crippen molar-refractivity contribution in [2.24, 2.45) is 5.92 Å². The van der Waals surface area contributed by atoms with Gasteiger partial charge in [0.15, 0.2) is 5.65 Å². The monoisotopic (exact) mass is 393 g/mol. The molecule has 1 atom stereocenters. The molecule has 7 heteroatoms. The van der Waals surface area contributed by atoms with Gasteiger partial charge in [-0.2, -0.15) is 9.61 Å². The molecular weight excluding hydrogens is 370 g/mol. The van der Waals surface area contributed by atoms with Gasteiger partial charge in [0.1, 0.15) is 11.2 Å². The van der Waals surface area contributed by atoms with Gasteiger partial charge in [-0.25, -0.2) is 9.97 Å². The number of fused-ring (bicyclic) bond motifs is 5. The van der Waals surface area contributed by atoms with E-state index in [4.69, 9.17) is 4.98 Å². The molecule has 0 aliphatic heterocycles. The van der Waals surface area contributed by atoms with Gasteiger partial charge in [0.05, 0.1) is 12.0 Å². The van der Waals surface area contributed by atoms with Crippen LogP contribution in [0.1, 0.15) is 29.3 Å². The zero-order valence-corrected chi connectivity index (χ0v) is 16.7. The molecule has 1 aliphatic rings. The molecule has 6 nitrogen and oxygen atoms in total. The molecule has 144 valence electrons. The first-order valence-corrected chi connectivity index (χ1v) is 10.6. The number of aliphatic hydroxyl groups excluding tert-OH is 1. The number of aliphatic hydroxyl groups is 1. The molecule has 0 unspecified atom stereocenters. The first-order chi connectivity index (χ1) is 13.7. The summed E-state index contributed by atoms with van der Waals surface area (Å²) >= 11 is 1.79. The molecule has 5 rings (SSSR count). The lowest BCUT2D eigenvalue weighted by molar-refractivity contribution is 0.300. The summed E-state index contributed by atoms with van der Waals surface area (Å²) in [5.41, 5.74) is 3.46. The number of nitrogens with zero attached hydrogens (tertiary/aromatic N) is 5. The normalized spacial score (nSPS) is 16.6. The molecule has 0 spiro atoms. The Bertz CT molecular complexity index is 1120. The van der Waals surface area contributed by atoms with Crippen LogP contribution in [0, 0.1) is 5.92 Å². The summed E-state index contributed by atoms with van der Waals surface area (Å²) in [5.74, 6) is 1.43. The summed E-state index contributed by atoms with van der Waals surface area (Å²) in [6, 6.07) is 10.3. The van der Waals surface area contributed by atoms with Gasteiger partial charge in [-0.3, -0.25) is 0 Å². The zero-order chi connectivity index (χ0) is 19.1. The van der Waals surface area contributed by atoms with Gasteiger partial charge in [0.2, 0.25) is 5.95 Å². The van der Waals surface area contributed by atoms with Crippen LogP contribution in [0.4, 0.5) is 5.95 Å². The second-order valence-electron chi connectivity index (χ2n) is 7.57. The topological polar surface area (TPSA) is 66.5 Å². The smallest absolute Gasteiger partial charge is 0.230 e. The van der Waals surface area contributed by atoms with Crippen molar-refractivity contribution in [3.8, 4) is 0 Å². The van der Waals surface area contributed by atoms with Gasteiger partial charge in [0.25, 0.3) is 0 Å². The van der Waals surface area contributed by atoms with Crippen LogP contribution < -0.4 is 4.90 Å². The van der Waals surface area contributed by atoms with Crippen LogP contribution in [0.25, 0.3) is 15.9 Å².